The summed E-state index contributed by atoms with van der Waals surface area (Å²) in [6.45, 7) is 9.35. The van der Waals surface area contributed by atoms with Gasteiger partial charge in [-0.15, -0.1) is 0 Å². The van der Waals surface area contributed by atoms with E-state index in [2.05, 4.69) is 69.8 Å². The molecule has 33 heavy (non-hydrogen) atoms. The number of methoxy groups -OCH3 is 1. The molecule has 0 amide bonds. The topological polar surface area (TPSA) is 33.5 Å². The van der Waals surface area contributed by atoms with Gasteiger partial charge < -0.3 is 9.30 Å². The van der Waals surface area contributed by atoms with Gasteiger partial charge in [-0.1, -0.05) is 36.4 Å². The lowest BCUT2D eigenvalue weighted by molar-refractivity contribution is 0.0830. The summed E-state index contributed by atoms with van der Waals surface area (Å²) in [7, 11) is 1.81. The van der Waals surface area contributed by atoms with Crippen molar-refractivity contribution >= 4 is 11.0 Å². The predicted octanol–water partition coefficient (Wildman–Crippen LogP) is 4.38. The van der Waals surface area contributed by atoms with Gasteiger partial charge in [0.1, 0.15) is 5.82 Å². The smallest absolute Gasteiger partial charge is 0.124 e. The molecular weight excluding hydrogens is 408 g/mol. The Morgan fingerprint density at radius 3 is 2.58 bits per heavy atom. The van der Waals surface area contributed by atoms with Crippen LogP contribution in [-0.2, 0) is 30.7 Å². The van der Waals surface area contributed by atoms with Crippen molar-refractivity contribution in [1.29, 1.82) is 0 Å². The highest BCUT2D eigenvalue weighted by Gasteiger charge is 2.31. The van der Waals surface area contributed by atoms with Crippen LogP contribution in [0.4, 0.5) is 0 Å². The fraction of sp³-hybridized carbons (Fsp3) is 0.536. The molecule has 5 heteroatoms. The second-order valence-corrected chi connectivity index (χ2v) is 9.82. The van der Waals surface area contributed by atoms with E-state index in [1.807, 2.05) is 0 Å². The highest BCUT2D eigenvalue weighted by Crippen LogP contribution is 2.29. The van der Waals surface area contributed by atoms with Crippen molar-refractivity contribution in [1.82, 2.24) is 19.4 Å². The number of rotatable bonds is 9. The van der Waals surface area contributed by atoms with Crippen molar-refractivity contribution in [2.45, 2.75) is 51.7 Å². The zero-order valence-corrected chi connectivity index (χ0v) is 20.2. The molecule has 0 bridgehead atoms. The van der Waals surface area contributed by atoms with Crippen LogP contribution in [0.15, 0.2) is 48.5 Å². The maximum Gasteiger partial charge on any atom is 0.124 e. The molecule has 1 aliphatic carbocycles. The third-order valence-electron chi connectivity index (χ3n) is 7.64. The van der Waals surface area contributed by atoms with Gasteiger partial charge >= 0.3 is 0 Å². The minimum Gasteiger partial charge on any atom is -0.383 e. The van der Waals surface area contributed by atoms with Gasteiger partial charge in [0.05, 0.1) is 24.2 Å². The SMILES string of the molecule is CCn1c(CN(CCOC)C[C@@H]2CCCN(C3Cc4ccccc4C3)C2)nc2ccccc21. The third-order valence-corrected chi connectivity index (χ3v) is 7.64. The first kappa shape index (κ1) is 22.6. The summed E-state index contributed by atoms with van der Waals surface area (Å²) >= 11 is 0. The van der Waals surface area contributed by atoms with Crippen molar-refractivity contribution in [3.63, 3.8) is 0 Å². The Bertz CT molecular complexity index is 1040. The van der Waals surface area contributed by atoms with E-state index < -0.39 is 0 Å². The number of hydrogen-bond donors (Lipinski definition) is 0. The van der Waals surface area contributed by atoms with Crippen molar-refractivity contribution in [2.24, 2.45) is 5.92 Å². The quantitative estimate of drug-likeness (QED) is 0.488. The Morgan fingerprint density at radius 2 is 1.82 bits per heavy atom. The Labute approximate surface area is 198 Å². The van der Waals surface area contributed by atoms with Crippen LogP contribution in [0.1, 0.15) is 36.7 Å². The van der Waals surface area contributed by atoms with Crippen LogP contribution in [0, 0.1) is 5.92 Å². The average molecular weight is 447 g/mol. The molecule has 2 heterocycles. The van der Waals surface area contributed by atoms with Crippen LogP contribution in [-0.4, -0.2) is 65.3 Å². The number of likely N-dealkylation sites (tertiary alicyclic amines) is 1. The Hall–Kier alpha value is -2.21. The van der Waals surface area contributed by atoms with Crippen molar-refractivity contribution < 1.29 is 4.74 Å². The second kappa shape index (κ2) is 10.4. The zero-order valence-electron chi connectivity index (χ0n) is 20.2. The largest absolute Gasteiger partial charge is 0.383 e. The maximum absolute atomic E-state index is 5.47. The number of nitrogens with zero attached hydrogens (tertiary/aromatic N) is 4. The van der Waals surface area contributed by atoms with Gasteiger partial charge in [0.2, 0.25) is 0 Å². The average Bonchev–Trinajstić information content (AvgIpc) is 3.43. The summed E-state index contributed by atoms with van der Waals surface area (Å²) in [6, 6.07) is 18.2. The van der Waals surface area contributed by atoms with Crippen LogP contribution >= 0.6 is 0 Å². The Morgan fingerprint density at radius 1 is 1.06 bits per heavy atom. The molecule has 5 nitrogen and oxygen atoms in total. The molecule has 0 N–H and O–H groups in total. The van der Waals surface area contributed by atoms with Gasteiger partial charge in [-0.2, -0.15) is 0 Å². The lowest BCUT2D eigenvalue weighted by Gasteiger charge is -2.38. The number of hydrogen-bond acceptors (Lipinski definition) is 4. The number of benzene rings is 2. The van der Waals surface area contributed by atoms with E-state index in [-0.39, 0.29) is 0 Å². The molecular formula is C28H38N4O. The highest BCUT2D eigenvalue weighted by molar-refractivity contribution is 5.75. The summed E-state index contributed by atoms with van der Waals surface area (Å²) < 4.78 is 7.85. The second-order valence-electron chi connectivity index (χ2n) is 9.82. The van der Waals surface area contributed by atoms with Gasteiger partial charge in [-0.3, -0.25) is 9.80 Å². The number of piperidine rings is 1. The fourth-order valence-corrected chi connectivity index (χ4v) is 5.99. The van der Waals surface area contributed by atoms with Gasteiger partial charge in [-0.05, 0) is 68.3 Å². The van der Waals surface area contributed by atoms with Crippen LogP contribution < -0.4 is 0 Å². The molecule has 1 fully saturated rings. The number of ether oxygens (including phenoxy) is 1. The summed E-state index contributed by atoms with van der Waals surface area (Å²) in [4.78, 5) is 10.4. The normalized spacial score (nSPS) is 19.5. The summed E-state index contributed by atoms with van der Waals surface area (Å²) in [5.41, 5.74) is 5.46. The van der Waals surface area contributed by atoms with E-state index in [0.29, 0.717) is 12.0 Å². The summed E-state index contributed by atoms with van der Waals surface area (Å²) in [5.74, 6) is 1.88. The molecule has 0 radical (unpaired) electrons. The molecule has 0 spiro atoms. The zero-order chi connectivity index (χ0) is 22.6. The predicted molar refractivity (Wildman–Crippen MR) is 134 cm³/mol. The molecule has 176 valence electrons. The number of aryl methyl sites for hydroxylation is 1. The molecule has 2 aliphatic rings. The number of para-hydroxylation sites is 2. The van der Waals surface area contributed by atoms with Gasteiger partial charge in [0.15, 0.2) is 0 Å². The monoisotopic (exact) mass is 446 g/mol. The summed E-state index contributed by atoms with van der Waals surface area (Å²) in [6.07, 6.45) is 5.07. The highest BCUT2D eigenvalue weighted by atomic mass is 16.5. The van der Waals surface area contributed by atoms with E-state index >= 15 is 0 Å². The standard InChI is InChI=1S/C28H38N4O/c1-3-32-27-13-7-6-12-26(27)29-28(32)21-30(15-16-33-2)19-22-9-8-14-31(20-22)25-17-23-10-4-5-11-24(23)18-25/h4-7,10-13,22,25H,3,8-9,14-21H2,1-2H3/t22-/m0/s1. The fourth-order valence-electron chi connectivity index (χ4n) is 5.99. The molecule has 3 aromatic rings. The minimum absolute atomic E-state index is 0.682. The van der Waals surface area contributed by atoms with E-state index in [9.17, 15) is 0 Å². The molecule has 0 saturated carbocycles. The molecule has 0 unspecified atom stereocenters. The van der Waals surface area contributed by atoms with Crippen molar-refractivity contribution in [3.05, 3.63) is 65.5 Å². The molecule has 1 aromatic heterocycles. The van der Waals surface area contributed by atoms with Gasteiger partial charge in [0, 0.05) is 39.3 Å². The number of aromatic nitrogens is 2. The van der Waals surface area contributed by atoms with Crippen molar-refractivity contribution in [3.8, 4) is 0 Å². The lowest BCUT2D eigenvalue weighted by atomic mass is 9.95. The molecule has 5 rings (SSSR count). The van der Waals surface area contributed by atoms with E-state index in [0.717, 1.165) is 38.3 Å². The van der Waals surface area contributed by atoms with Crippen LogP contribution in [0.5, 0.6) is 0 Å². The molecule has 1 saturated heterocycles. The van der Waals surface area contributed by atoms with Gasteiger partial charge in [0.25, 0.3) is 0 Å². The van der Waals surface area contributed by atoms with Crippen LogP contribution in [0.25, 0.3) is 11.0 Å². The maximum atomic E-state index is 5.47. The molecule has 1 atom stereocenters. The first-order valence-corrected chi connectivity index (χ1v) is 12.7. The van der Waals surface area contributed by atoms with Crippen LogP contribution in [0.2, 0.25) is 0 Å². The van der Waals surface area contributed by atoms with Gasteiger partial charge in [-0.25, -0.2) is 4.98 Å². The number of imidazole rings is 1. The first-order valence-electron chi connectivity index (χ1n) is 12.7. The third kappa shape index (κ3) is 5.01. The Balaban J connectivity index is 1.26. The van der Waals surface area contributed by atoms with E-state index in [4.69, 9.17) is 9.72 Å². The molecule has 1 aliphatic heterocycles. The minimum atomic E-state index is 0.682. The van der Waals surface area contributed by atoms with Crippen molar-refractivity contribution in [2.75, 3.05) is 39.9 Å². The van der Waals surface area contributed by atoms with E-state index in [1.165, 1.54) is 50.1 Å². The lowest BCUT2D eigenvalue weighted by Crippen LogP contribution is -2.46. The molecule has 2 aromatic carbocycles. The Kier molecular flexibility index (Phi) is 7.10. The first-order chi connectivity index (χ1) is 16.2. The summed E-state index contributed by atoms with van der Waals surface area (Å²) in [5, 5.41) is 0. The van der Waals surface area contributed by atoms with E-state index in [1.54, 1.807) is 18.2 Å². The number of fused-ring (bicyclic) bond motifs is 2. The van der Waals surface area contributed by atoms with Crippen LogP contribution in [0.3, 0.4) is 0 Å².